The Morgan fingerprint density at radius 2 is 1.69 bits per heavy atom. The van der Waals surface area contributed by atoms with Crippen molar-refractivity contribution in [3.8, 4) is 23.3 Å². The Bertz CT molecular complexity index is 1590. The molecule has 0 atom stereocenters. The average Bonchev–Trinajstić information content (AvgIpc) is 2.86. The van der Waals surface area contributed by atoms with E-state index in [1.165, 1.54) is 0 Å². The van der Waals surface area contributed by atoms with Gasteiger partial charge in [0.2, 0.25) is 0 Å². The number of pyridine rings is 1. The maximum absolute atomic E-state index is 9.58. The van der Waals surface area contributed by atoms with E-state index in [4.69, 9.17) is 4.42 Å². The monoisotopic (exact) mass is 417 g/mol. The van der Waals surface area contributed by atoms with Crippen LogP contribution in [0.15, 0.2) is 94.6 Å². The second-order valence-electron chi connectivity index (χ2n) is 7.30. The van der Waals surface area contributed by atoms with Crippen LogP contribution in [0, 0.1) is 11.8 Å². The van der Waals surface area contributed by atoms with Crippen molar-refractivity contribution < 1.29 is 9.62 Å². The first-order chi connectivity index (χ1) is 15.7. The van der Waals surface area contributed by atoms with Crippen molar-refractivity contribution in [1.82, 2.24) is 4.98 Å². The Balaban J connectivity index is 1.60. The zero-order valence-electron chi connectivity index (χ0n) is 17.3. The third kappa shape index (κ3) is 3.78. The molecule has 5 aromatic rings. The maximum atomic E-state index is 9.58. The van der Waals surface area contributed by atoms with Crippen molar-refractivity contribution in [3.05, 3.63) is 102 Å². The molecule has 0 unspecified atom stereocenters. The van der Waals surface area contributed by atoms with Gasteiger partial charge in [-0.05, 0) is 47.9 Å². The van der Waals surface area contributed by atoms with Gasteiger partial charge in [0, 0.05) is 46.9 Å². The molecule has 5 heteroatoms. The van der Waals surface area contributed by atoms with Gasteiger partial charge in [0.05, 0.1) is 0 Å². The molecule has 0 aliphatic rings. The quantitative estimate of drug-likeness (QED) is 0.230. The van der Waals surface area contributed by atoms with Crippen molar-refractivity contribution in [1.29, 1.82) is 0 Å². The molecule has 2 aromatic heterocycles. The number of nitrogens with zero attached hydrogens (tertiary/aromatic N) is 2. The second-order valence-corrected chi connectivity index (χ2v) is 7.30. The first kappa shape index (κ1) is 19.4. The van der Waals surface area contributed by atoms with Crippen molar-refractivity contribution in [2.24, 2.45) is 5.16 Å². The van der Waals surface area contributed by atoms with Crippen molar-refractivity contribution in [3.63, 3.8) is 0 Å². The molecule has 5 nitrogen and oxygen atoms in total. The van der Waals surface area contributed by atoms with Gasteiger partial charge in [-0.15, -0.1) is 0 Å². The van der Waals surface area contributed by atoms with Crippen LogP contribution in [0.3, 0.4) is 0 Å². The minimum Gasteiger partial charge on any atom is -0.454 e. The predicted molar refractivity (Wildman–Crippen MR) is 126 cm³/mol. The summed E-state index contributed by atoms with van der Waals surface area (Å²) >= 11 is 0. The fourth-order valence-electron chi connectivity index (χ4n) is 3.57. The Kier molecular flexibility index (Phi) is 5.03. The van der Waals surface area contributed by atoms with E-state index in [9.17, 15) is 5.21 Å². The molecule has 0 radical (unpaired) electrons. The molecule has 0 aliphatic heterocycles. The maximum Gasteiger partial charge on any atom is 0.155 e. The van der Waals surface area contributed by atoms with Crippen LogP contribution >= 0.6 is 0 Å². The molecule has 0 fully saturated rings. The van der Waals surface area contributed by atoms with Gasteiger partial charge in [0.1, 0.15) is 16.6 Å². The van der Waals surface area contributed by atoms with Crippen molar-refractivity contribution in [2.45, 2.75) is 0 Å². The molecule has 3 aromatic carbocycles. The molecule has 0 spiro atoms. The Morgan fingerprint density at radius 3 is 2.50 bits per heavy atom. The molecular weight excluding hydrogens is 398 g/mol. The molecule has 0 aliphatic carbocycles. The van der Waals surface area contributed by atoms with E-state index in [1.807, 2.05) is 79.8 Å². The molecule has 0 saturated heterocycles. The topological polar surface area (TPSA) is 70.7 Å². The van der Waals surface area contributed by atoms with E-state index in [-0.39, 0.29) is 0 Å². The number of aromatic nitrogens is 1. The summed E-state index contributed by atoms with van der Waals surface area (Å²) in [4.78, 5) is 4.52. The van der Waals surface area contributed by atoms with Crippen LogP contribution in [-0.2, 0) is 0 Å². The molecule has 2 heterocycles. The van der Waals surface area contributed by atoms with E-state index >= 15 is 0 Å². The third-order valence-corrected chi connectivity index (χ3v) is 5.24. The smallest absolute Gasteiger partial charge is 0.155 e. The van der Waals surface area contributed by atoms with Gasteiger partial charge in [-0.3, -0.25) is 4.98 Å². The molecule has 2 N–H and O–H groups in total. The summed E-state index contributed by atoms with van der Waals surface area (Å²) in [6.45, 7) is 0. The predicted octanol–water partition coefficient (Wildman–Crippen LogP) is 5.38. The van der Waals surface area contributed by atoms with Gasteiger partial charge >= 0.3 is 0 Å². The number of benzene rings is 3. The van der Waals surface area contributed by atoms with E-state index in [1.54, 1.807) is 12.3 Å². The number of hydrogen-bond acceptors (Lipinski definition) is 5. The summed E-state index contributed by atoms with van der Waals surface area (Å²) in [6, 6.07) is 25.1. The van der Waals surface area contributed by atoms with Gasteiger partial charge in [-0.25, -0.2) is 0 Å². The standard InChI is InChI=1S/C27H19N3O2/c1-28-22-8-4-5-18(13-22)9-10-19-11-12-23-24(30-31)16-27(32-26(23)14-19)25-15-20-6-2-3-7-21(20)17-29-25/h2-8,11-17,28,31H,1H3/b30-24+. The lowest BCUT2D eigenvalue weighted by atomic mass is 10.1. The molecule has 0 bridgehead atoms. The lowest BCUT2D eigenvalue weighted by Gasteiger charge is -2.05. The lowest BCUT2D eigenvalue weighted by molar-refractivity contribution is 0.302. The van der Waals surface area contributed by atoms with Crippen LogP contribution in [0.2, 0.25) is 0 Å². The summed E-state index contributed by atoms with van der Waals surface area (Å²) in [5, 5.41) is 19.4. The highest BCUT2D eigenvalue weighted by molar-refractivity contribution is 5.85. The van der Waals surface area contributed by atoms with Gasteiger partial charge in [-0.2, -0.15) is 0 Å². The van der Waals surface area contributed by atoms with Crippen LogP contribution in [0.25, 0.3) is 33.2 Å². The summed E-state index contributed by atoms with van der Waals surface area (Å²) < 4.78 is 6.16. The molecule has 32 heavy (non-hydrogen) atoms. The highest BCUT2D eigenvalue weighted by Crippen LogP contribution is 2.24. The number of hydrogen-bond donors (Lipinski definition) is 2. The van der Waals surface area contributed by atoms with Gasteiger partial charge < -0.3 is 14.9 Å². The largest absolute Gasteiger partial charge is 0.454 e. The Hall–Kier alpha value is -4.56. The molecule has 154 valence electrons. The van der Waals surface area contributed by atoms with E-state index < -0.39 is 0 Å². The van der Waals surface area contributed by atoms with Crippen LogP contribution in [0.1, 0.15) is 11.1 Å². The summed E-state index contributed by atoms with van der Waals surface area (Å²) in [5.74, 6) is 6.87. The summed E-state index contributed by atoms with van der Waals surface area (Å²) in [6.07, 6.45) is 1.81. The number of rotatable bonds is 2. The number of anilines is 1. The van der Waals surface area contributed by atoms with Crippen LogP contribution in [-0.4, -0.2) is 17.2 Å². The third-order valence-electron chi connectivity index (χ3n) is 5.24. The summed E-state index contributed by atoms with van der Waals surface area (Å²) in [7, 11) is 1.88. The molecule has 0 saturated carbocycles. The fraction of sp³-hybridized carbons (Fsp3) is 0.0370. The van der Waals surface area contributed by atoms with Crippen LogP contribution in [0.4, 0.5) is 5.69 Å². The zero-order valence-corrected chi connectivity index (χ0v) is 17.3. The fourth-order valence-corrected chi connectivity index (χ4v) is 3.57. The van der Waals surface area contributed by atoms with Crippen molar-refractivity contribution in [2.75, 3.05) is 12.4 Å². The van der Waals surface area contributed by atoms with E-state index in [0.717, 1.165) is 27.6 Å². The van der Waals surface area contributed by atoms with Crippen LogP contribution in [0.5, 0.6) is 0 Å². The molecule has 0 amide bonds. The summed E-state index contributed by atoms with van der Waals surface area (Å²) in [5.41, 5.74) is 3.95. The first-order valence-electron chi connectivity index (χ1n) is 10.1. The number of nitrogens with one attached hydrogen (secondary N) is 1. The second kappa shape index (κ2) is 8.29. The zero-order chi connectivity index (χ0) is 21.9. The molecular formula is C27H19N3O2. The van der Waals surface area contributed by atoms with Gasteiger partial charge in [0.25, 0.3) is 0 Å². The molecule has 5 rings (SSSR count). The SMILES string of the molecule is CNc1cccc(C#Cc2ccc3/c(=N/O)cc(-c4cc5ccccc5cn4)oc3c2)c1. The van der Waals surface area contributed by atoms with Crippen LogP contribution < -0.4 is 10.7 Å². The minimum absolute atomic E-state index is 0.414. The van der Waals surface area contributed by atoms with Gasteiger partial charge in [-0.1, -0.05) is 47.3 Å². The Labute approximate surface area is 184 Å². The highest BCUT2D eigenvalue weighted by Gasteiger charge is 2.09. The Morgan fingerprint density at radius 1 is 0.875 bits per heavy atom. The van der Waals surface area contributed by atoms with Crippen molar-refractivity contribution >= 4 is 27.4 Å². The average molecular weight is 417 g/mol. The first-order valence-corrected chi connectivity index (χ1v) is 10.1. The normalized spacial score (nSPS) is 11.3. The lowest BCUT2D eigenvalue weighted by Crippen LogP contribution is -2.04. The van der Waals surface area contributed by atoms with E-state index in [2.05, 4.69) is 27.3 Å². The minimum atomic E-state index is 0.414. The highest BCUT2D eigenvalue weighted by atomic mass is 16.4. The van der Waals surface area contributed by atoms with Gasteiger partial charge in [0.15, 0.2) is 5.76 Å². The number of fused-ring (bicyclic) bond motifs is 2. The van der Waals surface area contributed by atoms with E-state index in [0.29, 0.717) is 27.8 Å².